The average Bonchev–Trinajstić information content (AvgIpc) is 2.00. The van der Waals surface area contributed by atoms with Crippen LogP contribution in [0.15, 0.2) is 0 Å². The molecule has 68 valence electrons. The van der Waals surface area contributed by atoms with E-state index >= 15 is 0 Å². The first-order valence-corrected chi connectivity index (χ1v) is 4.00. The maximum Gasteiger partial charge on any atom is 0.237 e. The molecule has 0 aromatic heterocycles. The van der Waals surface area contributed by atoms with Crippen LogP contribution in [0.3, 0.4) is 0 Å². The lowest BCUT2D eigenvalue weighted by Gasteiger charge is -2.12. The van der Waals surface area contributed by atoms with Gasteiger partial charge in [-0.1, -0.05) is 13.8 Å². The molecule has 12 heavy (non-hydrogen) atoms. The molecule has 0 saturated heterocycles. The molecule has 0 heterocycles. The summed E-state index contributed by atoms with van der Waals surface area (Å²) in [5.74, 6) is 5.60. The second-order valence-corrected chi connectivity index (χ2v) is 3.11. The number of hydrogen-bond donors (Lipinski definition) is 1. The molecule has 0 radical (unpaired) electrons. The fourth-order valence-electron chi connectivity index (χ4n) is 0.720. The van der Waals surface area contributed by atoms with E-state index < -0.39 is 0 Å². The summed E-state index contributed by atoms with van der Waals surface area (Å²) in [7, 11) is 0. The highest BCUT2D eigenvalue weighted by Crippen LogP contribution is 2.04. The Kier molecular flexibility index (Phi) is 5.06. The van der Waals surface area contributed by atoms with Gasteiger partial charge in [0.2, 0.25) is 5.91 Å². The first-order chi connectivity index (χ1) is 5.57. The smallest absolute Gasteiger partial charge is 0.237 e. The Bertz CT molecular complexity index is 183. The van der Waals surface area contributed by atoms with E-state index in [1.807, 2.05) is 19.9 Å². The van der Waals surface area contributed by atoms with E-state index in [0.717, 1.165) is 11.4 Å². The Morgan fingerprint density at radius 3 is 2.67 bits per heavy atom. The number of hydrogen-bond acceptors (Lipinski definition) is 3. The van der Waals surface area contributed by atoms with Crippen LogP contribution >= 0.6 is 0 Å². The fourth-order valence-corrected chi connectivity index (χ4v) is 0.720. The SMILES string of the molecule is CC(C)CCC(=O)N(N)CC#N. The maximum atomic E-state index is 11.1. The normalized spacial score (nSPS) is 9.58. The number of amides is 1. The summed E-state index contributed by atoms with van der Waals surface area (Å²) in [6.45, 7) is 4.05. The molecule has 0 saturated carbocycles. The molecule has 0 aromatic carbocycles. The Labute approximate surface area is 72.9 Å². The van der Waals surface area contributed by atoms with E-state index in [-0.39, 0.29) is 12.5 Å². The molecule has 0 aliphatic heterocycles. The van der Waals surface area contributed by atoms with Gasteiger partial charge >= 0.3 is 0 Å². The van der Waals surface area contributed by atoms with E-state index in [4.69, 9.17) is 11.1 Å². The molecular weight excluding hydrogens is 154 g/mol. The zero-order valence-corrected chi connectivity index (χ0v) is 7.58. The molecule has 4 heteroatoms. The Morgan fingerprint density at radius 2 is 2.25 bits per heavy atom. The number of carbonyl (C=O) groups is 1. The van der Waals surface area contributed by atoms with Crippen molar-refractivity contribution in [1.29, 1.82) is 5.26 Å². The minimum Gasteiger partial charge on any atom is -0.273 e. The average molecular weight is 169 g/mol. The Hall–Kier alpha value is -1.08. The summed E-state index contributed by atoms with van der Waals surface area (Å²) < 4.78 is 0. The van der Waals surface area contributed by atoms with Crippen molar-refractivity contribution in [1.82, 2.24) is 5.01 Å². The number of rotatable bonds is 4. The van der Waals surface area contributed by atoms with Gasteiger partial charge in [-0.25, -0.2) is 5.84 Å². The topological polar surface area (TPSA) is 70.1 Å². The highest BCUT2D eigenvalue weighted by molar-refractivity contribution is 5.75. The monoisotopic (exact) mass is 169 g/mol. The van der Waals surface area contributed by atoms with Crippen LogP contribution in [0.4, 0.5) is 0 Å². The number of hydrazine groups is 1. The van der Waals surface area contributed by atoms with Gasteiger partial charge in [0.1, 0.15) is 6.54 Å². The van der Waals surface area contributed by atoms with Gasteiger partial charge in [-0.15, -0.1) is 0 Å². The molecule has 0 aliphatic rings. The van der Waals surface area contributed by atoms with Crippen molar-refractivity contribution in [3.8, 4) is 6.07 Å². The molecule has 0 fully saturated rings. The van der Waals surface area contributed by atoms with Crippen molar-refractivity contribution >= 4 is 5.91 Å². The molecular formula is C8H15N3O. The minimum atomic E-state index is -0.162. The molecule has 1 amide bonds. The van der Waals surface area contributed by atoms with Crippen LogP contribution in [0.25, 0.3) is 0 Å². The summed E-state index contributed by atoms with van der Waals surface area (Å²) in [4.78, 5) is 11.1. The standard InChI is InChI=1S/C8H15N3O/c1-7(2)3-4-8(12)11(10)6-5-9/h7H,3-4,6,10H2,1-2H3. The number of nitrogens with two attached hydrogens (primary N) is 1. The molecule has 0 unspecified atom stereocenters. The second kappa shape index (κ2) is 5.56. The first kappa shape index (κ1) is 10.9. The van der Waals surface area contributed by atoms with E-state index in [1.165, 1.54) is 0 Å². The summed E-state index contributed by atoms with van der Waals surface area (Å²) in [5.41, 5.74) is 0. The lowest BCUT2D eigenvalue weighted by molar-refractivity contribution is -0.131. The highest BCUT2D eigenvalue weighted by Gasteiger charge is 2.08. The van der Waals surface area contributed by atoms with Gasteiger partial charge in [-0.2, -0.15) is 5.26 Å². The molecule has 0 spiro atoms. The van der Waals surface area contributed by atoms with Gasteiger partial charge in [0.25, 0.3) is 0 Å². The lowest BCUT2D eigenvalue weighted by Crippen LogP contribution is -2.37. The van der Waals surface area contributed by atoms with E-state index in [0.29, 0.717) is 12.3 Å². The summed E-state index contributed by atoms with van der Waals surface area (Å²) in [6, 6.07) is 1.82. The van der Waals surface area contributed by atoms with Crippen molar-refractivity contribution < 1.29 is 4.79 Å². The van der Waals surface area contributed by atoms with Crippen LogP contribution in [0, 0.1) is 17.2 Å². The minimum absolute atomic E-state index is 0.0308. The van der Waals surface area contributed by atoms with Gasteiger partial charge in [0, 0.05) is 6.42 Å². The van der Waals surface area contributed by atoms with Gasteiger partial charge in [0.15, 0.2) is 0 Å². The Morgan fingerprint density at radius 1 is 1.67 bits per heavy atom. The molecule has 0 aromatic rings. The highest BCUT2D eigenvalue weighted by atomic mass is 16.2. The first-order valence-electron chi connectivity index (χ1n) is 4.00. The largest absolute Gasteiger partial charge is 0.273 e. The third-order valence-corrected chi connectivity index (χ3v) is 1.50. The molecule has 2 N–H and O–H groups in total. The van der Waals surface area contributed by atoms with Crippen molar-refractivity contribution in [2.75, 3.05) is 6.54 Å². The van der Waals surface area contributed by atoms with Crippen LogP contribution < -0.4 is 5.84 Å². The van der Waals surface area contributed by atoms with Gasteiger partial charge < -0.3 is 0 Å². The zero-order chi connectivity index (χ0) is 9.56. The van der Waals surface area contributed by atoms with Crippen LogP contribution in [0.1, 0.15) is 26.7 Å². The number of carbonyl (C=O) groups excluding carboxylic acids is 1. The van der Waals surface area contributed by atoms with Crippen LogP contribution in [0.5, 0.6) is 0 Å². The predicted molar refractivity (Wildman–Crippen MR) is 45.6 cm³/mol. The van der Waals surface area contributed by atoms with Crippen LogP contribution in [-0.4, -0.2) is 17.5 Å². The summed E-state index contributed by atoms with van der Waals surface area (Å²) in [5, 5.41) is 9.20. The molecule has 0 bridgehead atoms. The Balaban J connectivity index is 3.66. The molecule has 0 aliphatic carbocycles. The van der Waals surface area contributed by atoms with E-state index in [2.05, 4.69) is 0 Å². The van der Waals surface area contributed by atoms with E-state index in [9.17, 15) is 4.79 Å². The zero-order valence-electron chi connectivity index (χ0n) is 7.58. The predicted octanol–water partition coefficient (Wildman–Crippen LogP) is 0.648. The number of nitriles is 1. The fraction of sp³-hybridized carbons (Fsp3) is 0.750. The second-order valence-electron chi connectivity index (χ2n) is 3.11. The third kappa shape index (κ3) is 4.69. The number of nitrogens with zero attached hydrogens (tertiary/aromatic N) is 2. The quantitative estimate of drug-likeness (QED) is 0.291. The lowest BCUT2D eigenvalue weighted by atomic mass is 10.1. The van der Waals surface area contributed by atoms with Crippen LogP contribution in [0.2, 0.25) is 0 Å². The molecule has 0 atom stereocenters. The maximum absolute atomic E-state index is 11.1. The van der Waals surface area contributed by atoms with Crippen molar-refractivity contribution in [3.63, 3.8) is 0 Å². The molecule has 0 rings (SSSR count). The molecule has 4 nitrogen and oxygen atoms in total. The van der Waals surface area contributed by atoms with E-state index in [1.54, 1.807) is 0 Å². The van der Waals surface area contributed by atoms with Gasteiger partial charge in [-0.05, 0) is 12.3 Å². The van der Waals surface area contributed by atoms with Crippen LogP contribution in [-0.2, 0) is 4.79 Å². The van der Waals surface area contributed by atoms with Crippen molar-refractivity contribution in [3.05, 3.63) is 0 Å². The third-order valence-electron chi connectivity index (χ3n) is 1.50. The van der Waals surface area contributed by atoms with Crippen molar-refractivity contribution in [2.45, 2.75) is 26.7 Å². The summed E-state index contributed by atoms with van der Waals surface area (Å²) in [6.07, 6.45) is 1.24. The van der Waals surface area contributed by atoms with Gasteiger partial charge in [-0.3, -0.25) is 9.80 Å². The van der Waals surface area contributed by atoms with Crippen molar-refractivity contribution in [2.24, 2.45) is 11.8 Å². The van der Waals surface area contributed by atoms with Gasteiger partial charge in [0.05, 0.1) is 6.07 Å². The summed E-state index contributed by atoms with van der Waals surface area (Å²) >= 11 is 0.